The van der Waals surface area contributed by atoms with E-state index in [-0.39, 0.29) is 12.2 Å². The Balaban J connectivity index is 1.61. The highest BCUT2D eigenvalue weighted by Gasteiger charge is 2.31. The minimum atomic E-state index is -4.53. The number of benzene rings is 1. The summed E-state index contributed by atoms with van der Waals surface area (Å²) in [7, 11) is 0. The number of rotatable bonds is 5. The largest absolute Gasteiger partial charge is 0.417 e. The second-order valence-electron chi connectivity index (χ2n) is 7.41. The summed E-state index contributed by atoms with van der Waals surface area (Å²) >= 11 is 0. The van der Waals surface area contributed by atoms with Crippen molar-refractivity contribution >= 4 is 11.7 Å². The van der Waals surface area contributed by atoms with E-state index in [2.05, 4.69) is 20.6 Å². The van der Waals surface area contributed by atoms with Crippen LogP contribution >= 0.6 is 0 Å². The molecule has 8 heteroatoms. The van der Waals surface area contributed by atoms with Crippen molar-refractivity contribution in [2.45, 2.75) is 39.9 Å². The molecule has 0 fully saturated rings. The molecule has 0 aliphatic rings. The third kappa shape index (κ3) is 6.04. The molecular formula is C23H23F3N4O. The van der Waals surface area contributed by atoms with Crippen LogP contribution < -0.4 is 10.6 Å². The highest BCUT2D eigenvalue weighted by atomic mass is 19.4. The van der Waals surface area contributed by atoms with E-state index in [4.69, 9.17) is 0 Å². The molecule has 0 bridgehead atoms. The van der Waals surface area contributed by atoms with E-state index in [1.165, 1.54) is 18.1 Å². The summed E-state index contributed by atoms with van der Waals surface area (Å²) in [6, 6.07) is 10.2. The van der Waals surface area contributed by atoms with Crippen LogP contribution in [0.2, 0.25) is 0 Å². The second-order valence-corrected chi connectivity index (χ2v) is 7.41. The number of aryl methyl sites for hydroxylation is 3. The van der Waals surface area contributed by atoms with Gasteiger partial charge in [-0.15, -0.1) is 0 Å². The molecular weight excluding hydrogens is 405 g/mol. The molecule has 0 saturated heterocycles. The standard InChI is InChI=1S/C23H23F3N4O/c1-14-8-18(4-5-19(14)10-17-6-7-27-15(2)9-17)12-29-22(31)30-21-11-20(23(24,25)26)13-28-16(21)3/h4-9,11,13H,10,12H2,1-3H3,(H2,29,30,31). The maximum absolute atomic E-state index is 12.9. The zero-order valence-corrected chi connectivity index (χ0v) is 17.5. The molecule has 1 aromatic carbocycles. The Kier molecular flexibility index (Phi) is 6.58. The predicted molar refractivity (Wildman–Crippen MR) is 113 cm³/mol. The topological polar surface area (TPSA) is 66.9 Å². The lowest BCUT2D eigenvalue weighted by molar-refractivity contribution is -0.137. The van der Waals surface area contributed by atoms with E-state index in [0.717, 1.165) is 35.5 Å². The zero-order chi connectivity index (χ0) is 22.6. The number of urea groups is 1. The first-order chi connectivity index (χ1) is 14.6. The van der Waals surface area contributed by atoms with Crippen molar-refractivity contribution in [2.24, 2.45) is 0 Å². The van der Waals surface area contributed by atoms with Gasteiger partial charge < -0.3 is 10.6 Å². The zero-order valence-electron chi connectivity index (χ0n) is 17.5. The van der Waals surface area contributed by atoms with Crippen LogP contribution in [-0.2, 0) is 19.1 Å². The Morgan fingerprint density at radius 1 is 1.00 bits per heavy atom. The quantitative estimate of drug-likeness (QED) is 0.577. The first-order valence-electron chi connectivity index (χ1n) is 9.70. The molecule has 2 aromatic heterocycles. The van der Waals surface area contributed by atoms with Gasteiger partial charge in [0.05, 0.1) is 16.9 Å². The van der Waals surface area contributed by atoms with Crippen LogP contribution in [0, 0.1) is 20.8 Å². The van der Waals surface area contributed by atoms with E-state index in [9.17, 15) is 18.0 Å². The number of alkyl halides is 3. The monoisotopic (exact) mass is 428 g/mol. The number of nitrogens with one attached hydrogen (secondary N) is 2. The molecule has 3 aromatic rings. The van der Waals surface area contributed by atoms with E-state index in [0.29, 0.717) is 5.69 Å². The molecule has 0 aliphatic heterocycles. The minimum absolute atomic E-state index is 0.0199. The Hall–Kier alpha value is -3.42. The fourth-order valence-electron chi connectivity index (χ4n) is 3.16. The number of amides is 2. The molecule has 0 unspecified atom stereocenters. The SMILES string of the molecule is Cc1cc(Cc2ccc(CNC(=O)Nc3cc(C(F)(F)F)cnc3C)cc2C)ccn1. The number of pyridine rings is 2. The average Bonchev–Trinajstić information content (AvgIpc) is 2.69. The lowest BCUT2D eigenvalue weighted by Crippen LogP contribution is -2.28. The van der Waals surface area contributed by atoms with Gasteiger partial charge in [0.15, 0.2) is 0 Å². The second kappa shape index (κ2) is 9.16. The lowest BCUT2D eigenvalue weighted by Gasteiger charge is -2.13. The molecule has 0 spiro atoms. The van der Waals surface area contributed by atoms with Crippen LogP contribution in [0.5, 0.6) is 0 Å². The van der Waals surface area contributed by atoms with Gasteiger partial charge in [-0.25, -0.2) is 4.79 Å². The highest BCUT2D eigenvalue weighted by molar-refractivity contribution is 5.89. The molecule has 0 radical (unpaired) electrons. The number of carbonyl (C=O) groups excluding carboxylic acids is 1. The van der Waals surface area contributed by atoms with Gasteiger partial charge in [-0.05, 0) is 67.6 Å². The van der Waals surface area contributed by atoms with Crippen LogP contribution in [0.25, 0.3) is 0 Å². The van der Waals surface area contributed by atoms with Crippen molar-refractivity contribution in [2.75, 3.05) is 5.32 Å². The van der Waals surface area contributed by atoms with Gasteiger partial charge in [0, 0.05) is 24.6 Å². The average molecular weight is 428 g/mol. The van der Waals surface area contributed by atoms with Gasteiger partial charge in [-0.3, -0.25) is 9.97 Å². The summed E-state index contributed by atoms with van der Waals surface area (Å²) in [6.45, 7) is 5.73. The van der Waals surface area contributed by atoms with Gasteiger partial charge >= 0.3 is 12.2 Å². The first-order valence-corrected chi connectivity index (χ1v) is 9.70. The number of carbonyl (C=O) groups is 1. The third-order valence-electron chi connectivity index (χ3n) is 4.88. The fraction of sp³-hybridized carbons (Fsp3) is 0.261. The number of aromatic nitrogens is 2. The normalized spacial score (nSPS) is 11.3. The Morgan fingerprint density at radius 3 is 2.45 bits per heavy atom. The molecule has 162 valence electrons. The minimum Gasteiger partial charge on any atom is -0.334 e. The number of anilines is 1. The van der Waals surface area contributed by atoms with Crippen molar-refractivity contribution in [3.8, 4) is 0 Å². The molecule has 3 rings (SSSR count). The summed E-state index contributed by atoms with van der Waals surface area (Å²) in [4.78, 5) is 20.1. The molecule has 31 heavy (non-hydrogen) atoms. The van der Waals surface area contributed by atoms with Gasteiger partial charge in [0.25, 0.3) is 0 Å². The number of hydrogen-bond acceptors (Lipinski definition) is 3. The molecule has 0 saturated carbocycles. The summed E-state index contributed by atoms with van der Waals surface area (Å²) in [6.07, 6.45) is -1.21. The maximum atomic E-state index is 12.9. The summed E-state index contributed by atoms with van der Waals surface area (Å²) in [5.74, 6) is 0. The van der Waals surface area contributed by atoms with Crippen LogP contribution in [0.15, 0.2) is 48.8 Å². The van der Waals surface area contributed by atoms with Crippen LogP contribution in [0.3, 0.4) is 0 Å². The van der Waals surface area contributed by atoms with E-state index < -0.39 is 17.8 Å². The van der Waals surface area contributed by atoms with Crippen LogP contribution in [0.4, 0.5) is 23.7 Å². The summed E-state index contributed by atoms with van der Waals surface area (Å²) < 4.78 is 38.6. The number of nitrogens with zero attached hydrogens (tertiary/aromatic N) is 2. The molecule has 2 N–H and O–H groups in total. The Morgan fingerprint density at radius 2 is 1.77 bits per heavy atom. The molecule has 2 amide bonds. The lowest BCUT2D eigenvalue weighted by atomic mass is 9.99. The Labute approximate surface area is 178 Å². The van der Waals surface area contributed by atoms with Gasteiger partial charge in [-0.1, -0.05) is 18.2 Å². The van der Waals surface area contributed by atoms with Crippen molar-refractivity contribution in [3.63, 3.8) is 0 Å². The van der Waals surface area contributed by atoms with Crippen LogP contribution in [-0.4, -0.2) is 16.0 Å². The fourth-order valence-corrected chi connectivity index (χ4v) is 3.16. The smallest absolute Gasteiger partial charge is 0.334 e. The van der Waals surface area contributed by atoms with Gasteiger partial charge in [0.1, 0.15) is 0 Å². The van der Waals surface area contributed by atoms with Crippen molar-refractivity contribution in [1.29, 1.82) is 0 Å². The van der Waals surface area contributed by atoms with Crippen molar-refractivity contribution in [1.82, 2.24) is 15.3 Å². The molecule has 0 atom stereocenters. The van der Waals surface area contributed by atoms with E-state index >= 15 is 0 Å². The Bertz CT molecular complexity index is 1100. The third-order valence-corrected chi connectivity index (χ3v) is 4.88. The maximum Gasteiger partial charge on any atom is 0.417 e. The predicted octanol–water partition coefficient (Wildman–Crippen LogP) is 5.33. The van der Waals surface area contributed by atoms with Gasteiger partial charge in [-0.2, -0.15) is 13.2 Å². The number of halogens is 3. The van der Waals surface area contributed by atoms with Crippen molar-refractivity contribution < 1.29 is 18.0 Å². The summed E-state index contributed by atoms with van der Waals surface area (Å²) in [5, 5.41) is 5.11. The molecule has 0 aliphatic carbocycles. The van der Waals surface area contributed by atoms with Gasteiger partial charge in [0.2, 0.25) is 0 Å². The van der Waals surface area contributed by atoms with Crippen molar-refractivity contribution in [3.05, 3.63) is 88.0 Å². The first kappa shape index (κ1) is 22.3. The highest BCUT2D eigenvalue weighted by Crippen LogP contribution is 2.31. The van der Waals surface area contributed by atoms with Crippen LogP contribution in [0.1, 0.15) is 39.2 Å². The van der Waals surface area contributed by atoms with E-state index in [1.54, 1.807) is 6.20 Å². The van der Waals surface area contributed by atoms with E-state index in [1.807, 2.05) is 44.2 Å². The number of hydrogen-bond donors (Lipinski definition) is 2. The summed E-state index contributed by atoms with van der Waals surface area (Å²) in [5.41, 5.74) is 4.70. The molecule has 2 heterocycles. The molecule has 5 nitrogen and oxygen atoms in total.